The second-order valence-corrected chi connectivity index (χ2v) is 6.06. The Bertz CT molecular complexity index is 701. The van der Waals surface area contributed by atoms with Crippen LogP contribution < -0.4 is 4.74 Å². The zero-order valence-corrected chi connectivity index (χ0v) is 15.8. The van der Waals surface area contributed by atoms with Gasteiger partial charge in [0.2, 0.25) is 5.91 Å². The number of para-hydroxylation sites is 1. The molecular formula is C20H26N2O5. The summed E-state index contributed by atoms with van der Waals surface area (Å²) >= 11 is 0. The van der Waals surface area contributed by atoms with Crippen LogP contribution in [0.25, 0.3) is 0 Å². The van der Waals surface area contributed by atoms with Crippen molar-refractivity contribution in [2.45, 2.75) is 32.3 Å². The molecule has 1 amide bonds. The molecule has 27 heavy (non-hydrogen) atoms. The van der Waals surface area contributed by atoms with Crippen molar-refractivity contribution in [2.24, 2.45) is 5.16 Å². The predicted octanol–water partition coefficient (Wildman–Crippen LogP) is 2.55. The first kappa shape index (κ1) is 20.5. The number of benzene rings is 1. The molecule has 1 aliphatic heterocycles. The first-order valence-electron chi connectivity index (χ1n) is 8.99. The number of nitrogens with zero attached hydrogens (tertiary/aromatic N) is 2. The summed E-state index contributed by atoms with van der Waals surface area (Å²) in [5, 5.41) is 4.17. The minimum atomic E-state index is -0.372. The fourth-order valence-electron chi connectivity index (χ4n) is 2.85. The molecule has 2 rings (SSSR count). The average molecular weight is 374 g/mol. The molecule has 0 radical (unpaired) electrons. The minimum absolute atomic E-state index is 0.0643. The maximum atomic E-state index is 12.4. The topological polar surface area (TPSA) is 77.4 Å². The largest absolute Gasteiger partial charge is 0.496 e. The number of ether oxygens (including phenoxy) is 2. The SMILES string of the molecule is C=CCN(CC1CC(c2ccccc2OC)=NO1)C(=O)CCC(=O)OCC. The number of methoxy groups -OCH3 is 1. The molecule has 0 spiro atoms. The monoisotopic (exact) mass is 374 g/mol. The van der Waals surface area contributed by atoms with Crippen molar-refractivity contribution < 1.29 is 23.9 Å². The van der Waals surface area contributed by atoms with Gasteiger partial charge < -0.3 is 19.2 Å². The van der Waals surface area contributed by atoms with Crippen molar-refractivity contribution >= 4 is 17.6 Å². The smallest absolute Gasteiger partial charge is 0.306 e. The Morgan fingerprint density at radius 1 is 1.37 bits per heavy atom. The van der Waals surface area contributed by atoms with Gasteiger partial charge >= 0.3 is 5.97 Å². The van der Waals surface area contributed by atoms with Crippen molar-refractivity contribution in [3.05, 3.63) is 42.5 Å². The Morgan fingerprint density at radius 2 is 2.15 bits per heavy atom. The van der Waals surface area contributed by atoms with E-state index in [1.165, 1.54) is 0 Å². The summed E-state index contributed by atoms with van der Waals surface area (Å²) in [5.41, 5.74) is 1.67. The van der Waals surface area contributed by atoms with Crippen LogP contribution in [0.3, 0.4) is 0 Å². The van der Waals surface area contributed by atoms with Crippen LogP contribution in [-0.4, -0.2) is 55.4 Å². The Hall–Kier alpha value is -2.83. The fraction of sp³-hybridized carbons (Fsp3) is 0.450. The van der Waals surface area contributed by atoms with Crippen LogP contribution in [0.15, 0.2) is 42.1 Å². The number of carbonyl (C=O) groups excluding carboxylic acids is 2. The Balaban J connectivity index is 1.93. The van der Waals surface area contributed by atoms with E-state index in [2.05, 4.69) is 11.7 Å². The van der Waals surface area contributed by atoms with Crippen molar-refractivity contribution in [1.29, 1.82) is 0 Å². The molecule has 7 nitrogen and oxygen atoms in total. The zero-order valence-electron chi connectivity index (χ0n) is 15.8. The minimum Gasteiger partial charge on any atom is -0.496 e. The van der Waals surface area contributed by atoms with Gasteiger partial charge in [0, 0.05) is 24.9 Å². The first-order valence-corrected chi connectivity index (χ1v) is 8.99. The molecular weight excluding hydrogens is 348 g/mol. The van der Waals surface area contributed by atoms with Gasteiger partial charge in [-0.25, -0.2) is 0 Å². The van der Waals surface area contributed by atoms with Gasteiger partial charge in [-0.2, -0.15) is 0 Å². The quantitative estimate of drug-likeness (QED) is 0.465. The first-order chi connectivity index (χ1) is 13.1. The highest BCUT2D eigenvalue weighted by Gasteiger charge is 2.27. The number of esters is 1. The molecule has 0 fully saturated rings. The van der Waals surface area contributed by atoms with Crippen molar-refractivity contribution in [2.75, 3.05) is 26.8 Å². The molecule has 0 aliphatic carbocycles. The van der Waals surface area contributed by atoms with E-state index in [0.717, 1.165) is 17.0 Å². The van der Waals surface area contributed by atoms with Crippen LogP contribution in [0, 0.1) is 0 Å². The third-order valence-corrected chi connectivity index (χ3v) is 4.13. The number of hydrogen-bond acceptors (Lipinski definition) is 6. The van der Waals surface area contributed by atoms with Gasteiger partial charge in [-0.1, -0.05) is 23.4 Å². The third-order valence-electron chi connectivity index (χ3n) is 4.13. The van der Waals surface area contributed by atoms with Crippen LogP contribution >= 0.6 is 0 Å². The van der Waals surface area contributed by atoms with E-state index in [0.29, 0.717) is 26.1 Å². The number of oxime groups is 1. The van der Waals surface area contributed by atoms with Crippen LogP contribution in [-0.2, 0) is 19.2 Å². The summed E-state index contributed by atoms with van der Waals surface area (Å²) in [4.78, 5) is 31.0. The maximum absolute atomic E-state index is 12.4. The van der Waals surface area contributed by atoms with Crippen LogP contribution in [0.2, 0.25) is 0 Å². The third kappa shape index (κ3) is 5.84. The molecule has 0 bridgehead atoms. The lowest BCUT2D eigenvalue weighted by Crippen LogP contribution is -2.38. The number of rotatable bonds is 10. The van der Waals surface area contributed by atoms with Gasteiger partial charge in [-0.05, 0) is 19.1 Å². The molecule has 1 aliphatic rings. The molecule has 7 heteroatoms. The van der Waals surface area contributed by atoms with Gasteiger partial charge in [0.15, 0.2) is 6.10 Å². The van der Waals surface area contributed by atoms with Crippen molar-refractivity contribution in [3.8, 4) is 5.75 Å². The molecule has 0 saturated carbocycles. The lowest BCUT2D eigenvalue weighted by atomic mass is 10.0. The van der Waals surface area contributed by atoms with Crippen LogP contribution in [0.4, 0.5) is 0 Å². The summed E-state index contributed by atoms with van der Waals surface area (Å²) < 4.78 is 10.2. The fourth-order valence-corrected chi connectivity index (χ4v) is 2.85. The maximum Gasteiger partial charge on any atom is 0.306 e. The Labute approximate surface area is 159 Å². The molecule has 0 N–H and O–H groups in total. The standard InChI is InChI=1S/C20H26N2O5/c1-4-12-22(19(23)10-11-20(24)26-5-2)14-15-13-17(21-27-15)16-8-6-7-9-18(16)25-3/h4,6-9,15H,1,5,10-14H2,2-3H3. The van der Waals surface area contributed by atoms with E-state index in [1.807, 2.05) is 24.3 Å². The molecule has 1 aromatic carbocycles. The zero-order chi connectivity index (χ0) is 19.6. The lowest BCUT2D eigenvalue weighted by molar-refractivity contribution is -0.145. The van der Waals surface area contributed by atoms with Gasteiger partial charge in [-0.3, -0.25) is 9.59 Å². The van der Waals surface area contributed by atoms with Crippen molar-refractivity contribution in [1.82, 2.24) is 4.90 Å². The molecule has 1 heterocycles. The number of carbonyl (C=O) groups is 2. The van der Waals surface area contributed by atoms with Crippen LogP contribution in [0.1, 0.15) is 31.7 Å². The van der Waals surface area contributed by atoms with E-state index >= 15 is 0 Å². The van der Waals surface area contributed by atoms with Gasteiger partial charge in [0.1, 0.15) is 5.75 Å². The van der Waals surface area contributed by atoms with E-state index in [1.54, 1.807) is 25.0 Å². The number of hydrogen-bond donors (Lipinski definition) is 0. The number of amides is 1. The van der Waals surface area contributed by atoms with Gasteiger partial charge in [0.05, 0.1) is 32.4 Å². The normalized spacial score (nSPS) is 15.5. The van der Waals surface area contributed by atoms with Crippen LogP contribution in [0.5, 0.6) is 5.75 Å². The Kier molecular flexibility index (Phi) is 7.85. The highest BCUT2D eigenvalue weighted by Crippen LogP contribution is 2.25. The molecule has 0 saturated heterocycles. The predicted molar refractivity (Wildman–Crippen MR) is 102 cm³/mol. The summed E-state index contributed by atoms with van der Waals surface area (Å²) in [7, 11) is 1.61. The average Bonchev–Trinajstić information content (AvgIpc) is 3.14. The molecule has 1 aromatic rings. The summed E-state index contributed by atoms with van der Waals surface area (Å²) in [5.74, 6) is 0.217. The van der Waals surface area contributed by atoms with E-state index in [9.17, 15) is 9.59 Å². The molecule has 146 valence electrons. The van der Waals surface area contributed by atoms with E-state index in [-0.39, 0.29) is 30.8 Å². The summed E-state index contributed by atoms with van der Waals surface area (Å²) in [6.45, 7) is 6.49. The van der Waals surface area contributed by atoms with Crippen molar-refractivity contribution in [3.63, 3.8) is 0 Å². The summed E-state index contributed by atoms with van der Waals surface area (Å²) in [6.07, 6.45) is 2.13. The Morgan fingerprint density at radius 3 is 2.85 bits per heavy atom. The molecule has 1 unspecified atom stereocenters. The highest BCUT2D eigenvalue weighted by atomic mass is 16.6. The highest BCUT2D eigenvalue weighted by molar-refractivity contribution is 6.03. The molecule has 1 atom stereocenters. The second kappa shape index (κ2) is 10.4. The van der Waals surface area contributed by atoms with Gasteiger partial charge in [0.25, 0.3) is 0 Å². The second-order valence-electron chi connectivity index (χ2n) is 6.06. The lowest BCUT2D eigenvalue weighted by Gasteiger charge is -2.23. The van der Waals surface area contributed by atoms with E-state index in [4.69, 9.17) is 14.3 Å². The van der Waals surface area contributed by atoms with Gasteiger partial charge in [-0.15, -0.1) is 6.58 Å². The summed E-state index contributed by atoms with van der Waals surface area (Å²) in [6, 6.07) is 7.60. The molecule has 0 aromatic heterocycles. The van der Waals surface area contributed by atoms with E-state index < -0.39 is 0 Å².